The van der Waals surface area contributed by atoms with Crippen LogP contribution in [0.5, 0.6) is 0 Å². The highest BCUT2D eigenvalue weighted by Crippen LogP contribution is 2.54. The van der Waals surface area contributed by atoms with Crippen molar-refractivity contribution in [3.8, 4) is 0 Å². The molecule has 1 nitrogen and oxygen atoms in total. The Balaban J connectivity index is 3.11. The van der Waals surface area contributed by atoms with Crippen LogP contribution in [-0.4, -0.2) is 35.2 Å². The lowest BCUT2D eigenvalue weighted by atomic mass is 9.98. The minimum atomic E-state index is -7.02. The third-order valence-corrected chi connectivity index (χ3v) is 2.81. The first-order chi connectivity index (χ1) is 10.2. The van der Waals surface area contributed by atoms with Crippen molar-refractivity contribution >= 4 is 6.08 Å². The van der Waals surface area contributed by atoms with Gasteiger partial charge in [-0.3, -0.25) is 0 Å². The van der Waals surface area contributed by atoms with E-state index in [2.05, 4.69) is 0 Å². The second-order valence-corrected chi connectivity index (χ2v) is 4.48. The van der Waals surface area contributed by atoms with E-state index >= 15 is 0 Å². The van der Waals surface area contributed by atoms with E-state index in [4.69, 9.17) is 5.11 Å². The van der Waals surface area contributed by atoms with Crippen molar-refractivity contribution in [1.29, 1.82) is 0 Å². The molecule has 1 aromatic carbocycles. The van der Waals surface area contributed by atoms with Crippen molar-refractivity contribution in [2.24, 2.45) is 0 Å². The molecule has 0 aliphatic heterocycles. The summed E-state index contributed by atoms with van der Waals surface area (Å²) in [6.07, 6.45) is -9.79. The maximum atomic E-state index is 13.3. The van der Waals surface area contributed by atoms with Crippen LogP contribution in [0.3, 0.4) is 0 Å². The highest BCUT2D eigenvalue weighted by atomic mass is 19.4. The molecule has 0 aliphatic carbocycles. The summed E-state index contributed by atoms with van der Waals surface area (Å²) in [7, 11) is 0. The Hall–Kier alpha value is -1.71. The molecule has 0 heterocycles. The highest BCUT2D eigenvalue weighted by Gasteiger charge is 2.82. The predicted molar refractivity (Wildman–Crippen MR) is 62.4 cm³/mol. The third-order valence-electron chi connectivity index (χ3n) is 2.81. The van der Waals surface area contributed by atoms with Gasteiger partial charge in [-0.15, -0.1) is 0 Å². The minimum Gasteiger partial charge on any atom is -0.382 e. The molecule has 1 atom stereocenters. The summed E-state index contributed by atoms with van der Waals surface area (Å²) in [5.41, 5.74) is 0.133. The number of hydrogen-bond acceptors (Lipinski definition) is 1. The van der Waals surface area contributed by atoms with Gasteiger partial charge in [-0.05, 0) is 11.6 Å². The van der Waals surface area contributed by atoms with Crippen LogP contribution >= 0.6 is 0 Å². The molecule has 0 saturated carbocycles. The summed E-state index contributed by atoms with van der Waals surface area (Å²) < 4.78 is 114. The quantitative estimate of drug-likeness (QED) is 0.772. The molecule has 0 aromatic heterocycles. The molecule has 0 amide bonds. The van der Waals surface area contributed by atoms with E-state index in [0.717, 1.165) is 0 Å². The molecule has 130 valence electrons. The van der Waals surface area contributed by atoms with Crippen LogP contribution in [0.2, 0.25) is 0 Å². The lowest BCUT2D eigenvalue weighted by Crippen LogP contribution is -2.64. The molecule has 0 aliphatic rings. The van der Waals surface area contributed by atoms with Gasteiger partial charge < -0.3 is 5.11 Å². The summed E-state index contributed by atoms with van der Waals surface area (Å²) in [6, 6.07) is 6.93. The fourth-order valence-electron chi connectivity index (χ4n) is 1.46. The molecule has 10 heteroatoms. The third kappa shape index (κ3) is 3.46. The van der Waals surface area contributed by atoms with Crippen molar-refractivity contribution in [2.45, 2.75) is 30.0 Å². The van der Waals surface area contributed by atoms with Crippen LogP contribution in [0, 0.1) is 0 Å². The standard InChI is InChI=1S/C13H9F9O/c14-10(15,11(16,17)12(18,19)13(20,21)22)9(23)7-6-8-4-2-1-3-5-8/h1-7,9,23H. The lowest BCUT2D eigenvalue weighted by molar-refractivity contribution is -0.403. The van der Waals surface area contributed by atoms with Gasteiger partial charge in [0, 0.05) is 0 Å². The molecule has 0 saturated heterocycles. The van der Waals surface area contributed by atoms with Gasteiger partial charge in [-0.25, -0.2) is 0 Å². The zero-order valence-electron chi connectivity index (χ0n) is 11.0. The fourth-order valence-corrected chi connectivity index (χ4v) is 1.46. The largest absolute Gasteiger partial charge is 0.460 e. The second-order valence-electron chi connectivity index (χ2n) is 4.48. The second kappa shape index (κ2) is 6.06. The smallest absolute Gasteiger partial charge is 0.382 e. The Morgan fingerprint density at radius 2 is 1.26 bits per heavy atom. The Labute approximate surface area is 124 Å². The SMILES string of the molecule is OC(C=Cc1ccccc1)C(F)(F)C(F)(F)C(F)(F)C(F)(F)F. The van der Waals surface area contributed by atoms with Crippen LogP contribution in [0.15, 0.2) is 36.4 Å². The van der Waals surface area contributed by atoms with E-state index < -0.39 is 30.0 Å². The maximum absolute atomic E-state index is 13.3. The van der Waals surface area contributed by atoms with Crippen LogP contribution < -0.4 is 0 Å². The topological polar surface area (TPSA) is 20.2 Å². The summed E-state index contributed by atoms with van der Waals surface area (Å²) >= 11 is 0. The van der Waals surface area contributed by atoms with E-state index in [0.29, 0.717) is 6.08 Å². The molecule has 0 radical (unpaired) electrons. The van der Waals surface area contributed by atoms with Gasteiger partial charge in [0.15, 0.2) is 0 Å². The maximum Gasteiger partial charge on any atom is 0.460 e. The average Bonchev–Trinajstić information content (AvgIpc) is 2.44. The van der Waals surface area contributed by atoms with Gasteiger partial charge in [0.05, 0.1) is 0 Å². The van der Waals surface area contributed by atoms with E-state index in [1.165, 1.54) is 30.3 Å². The monoisotopic (exact) mass is 352 g/mol. The van der Waals surface area contributed by atoms with Crippen molar-refractivity contribution in [3.63, 3.8) is 0 Å². The number of aliphatic hydroxyl groups is 1. The molecule has 1 aromatic rings. The number of hydrogen-bond donors (Lipinski definition) is 1. The number of rotatable bonds is 5. The van der Waals surface area contributed by atoms with Gasteiger partial charge in [0.1, 0.15) is 6.10 Å². The van der Waals surface area contributed by atoms with Crippen molar-refractivity contribution < 1.29 is 44.6 Å². The van der Waals surface area contributed by atoms with Crippen LogP contribution in [0.1, 0.15) is 5.56 Å². The van der Waals surface area contributed by atoms with Gasteiger partial charge in [-0.2, -0.15) is 39.5 Å². The van der Waals surface area contributed by atoms with Crippen LogP contribution in [0.25, 0.3) is 6.08 Å². The highest BCUT2D eigenvalue weighted by molar-refractivity contribution is 5.49. The van der Waals surface area contributed by atoms with Crippen LogP contribution in [-0.2, 0) is 0 Å². The van der Waals surface area contributed by atoms with E-state index in [-0.39, 0.29) is 11.6 Å². The zero-order valence-corrected chi connectivity index (χ0v) is 11.0. The first-order valence-electron chi connectivity index (χ1n) is 5.86. The van der Waals surface area contributed by atoms with Crippen LogP contribution in [0.4, 0.5) is 39.5 Å². The summed E-state index contributed by atoms with van der Waals surface area (Å²) in [5.74, 6) is -19.9. The molecular weight excluding hydrogens is 343 g/mol. The first-order valence-corrected chi connectivity index (χ1v) is 5.86. The van der Waals surface area contributed by atoms with Crippen molar-refractivity contribution in [3.05, 3.63) is 42.0 Å². The molecule has 0 fully saturated rings. The number of alkyl halides is 9. The zero-order chi connectivity index (χ0) is 18.1. The number of aliphatic hydroxyl groups excluding tert-OH is 1. The Bertz CT molecular complexity index is 548. The van der Waals surface area contributed by atoms with Gasteiger partial charge >= 0.3 is 23.9 Å². The number of benzene rings is 1. The average molecular weight is 352 g/mol. The van der Waals surface area contributed by atoms with Crippen molar-refractivity contribution in [1.82, 2.24) is 0 Å². The Morgan fingerprint density at radius 3 is 1.70 bits per heavy atom. The summed E-state index contributed by atoms with van der Waals surface area (Å²) in [4.78, 5) is 0. The molecule has 1 rings (SSSR count). The fraction of sp³-hybridized carbons (Fsp3) is 0.385. The first kappa shape index (κ1) is 19.3. The Morgan fingerprint density at radius 1 is 0.783 bits per heavy atom. The Kier molecular flexibility index (Phi) is 5.10. The molecule has 23 heavy (non-hydrogen) atoms. The predicted octanol–water partition coefficient (Wildman–Crippen LogP) is 4.53. The van der Waals surface area contributed by atoms with E-state index in [1.807, 2.05) is 0 Å². The van der Waals surface area contributed by atoms with Crippen molar-refractivity contribution in [2.75, 3.05) is 0 Å². The van der Waals surface area contributed by atoms with Gasteiger partial charge in [-0.1, -0.05) is 36.4 Å². The molecular formula is C13H9F9O. The normalized spacial score (nSPS) is 15.9. The molecule has 1 unspecified atom stereocenters. The molecule has 0 spiro atoms. The molecule has 0 bridgehead atoms. The van der Waals surface area contributed by atoms with E-state index in [1.54, 1.807) is 0 Å². The van der Waals surface area contributed by atoms with Gasteiger partial charge in [0.2, 0.25) is 0 Å². The minimum absolute atomic E-state index is 0.00962. The molecule has 1 N–H and O–H groups in total. The number of halogens is 9. The lowest BCUT2D eigenvalue weighted by Gasteiger charge is -2.35. The van der Waals surface area contributed by atoms with E-state index in [9.17, 15) is 39.5 Å². The summed E-state index contributed by atoms with van der Waals surface area (Å²) in [6.45, 7) is 0. The van der Waals surface area contributed by atoms with Gasteiger partial charge in [0.25, 0.3) is 0 Å². The summed E-state index contributed by atoms with van der Waals surface area (Å²) in [5, 5.41) is 8.99.